The Labute approximate surface area is 206 Å². The first-order valence-corrected chi connectivity index (χ1v) is 7.81. The average Bonchev–Trinajstić information content (AvgIpc) is 2.41. The van der Waals surface area contributed by atoms with Crippen LogP contribution >= 0.6 is 0 Å². The van der Waals surface area contributed by atoms with E-state index in [1.54, 1.807) is 6.07 Å². The molecule has 0 aliphatic rings. The molecule has 0 spiro atoms. The first-order chi connectivity index (χ1) is 10.2. The minimum absolute atomic E-state index is 0. The van der Waals surface area contributed by atoms with Gasteiger partial charge < -0.3 is 10.2 Å². The van der Waals surface area contributed by atoms with Crippen molar-refractivity contribution in [1.82, 2.24) is 0 Å². The Morgan fingerprint density at radius 1 is 0.708 bits per heavy atom. The monoisotopic (exact) mass is 384 g/mol. The minimum atomic E-state index is 0. The van der Waals surface area contributed by atoms with Gasteiger partial charge in [0.1, 0.15) is 11.5 Å². The van der Waals surface area contributed by atoms with Gasteiger partial charge in [0.05, 0.1) is 0 Å². The molecule has 24 heavy (non-hydrogen) atoms. The first-order valence-electron chi connectivity index (χ1n) is 7.81. The molecule has 0 unspecified atom stereocenters. The summed E-state index contributed by atoms with van der Waals surface area (Å²) >= 11 is 0. The maximum absolute atomic E-state index is 9.46. The van der Waals surface area contributed by atoms with Gasteiger partial charge in [-0.1, -0.05) is 52.0 Å². The second-order valence-corrected chi connectivity index (χ2v) is 6.42. The van der Waals surface area contributed by atoms with Gasteiger partial charge in [0.15, 0.2) is 0 Å². The molecule has 0 amide bonds. The zero-order valence-electron chi connectivity index (χ0n) is 14.5. The summed E-state index contributed by atoms with van der Waals surface area (Å²) in [5, 5.41) is 18.8. The summed E-state index contributed by atoms with van der Waals surface area (Å²) < 4.78 is 0. The molecule has 0 atom stereocenters. The van der Waals surface area contributed by atoms with Gasteiger partial charge in [-0.05, 0) is 60.1 Å². The van der Waals surface area contributed by atoms with Crippen LogP contribution in [0.25, 0.3) is 0 Å². The third kappa shape index (κ3) is 8.78. The van der Waals surface area contributed by atoms with E-state index in [2.05, 4.69) is 33.8 Å². The Bertz CT molecular complexity index is 623. The number of aryl methyl sites for hydroxylation is 2. The Kier molecular flexibility index (Phi) is 14.3. The van der Waals surface area contributed by atoms with Crippen molar-refractivity contribution < 1.29 is 10.2 Å². The molecule has 2 nitrogen and oxygen atoms in total. The third-order valence-electron chi connectivity index (χ3n) is 3.71. The molecule has 2 rings (SSSR count). The molecule has 2 N–H and O–H groups in total. The van der Waals surface area contributed by atoms with E-state index >= 15 is 0 Å². The van der Waals surface area contributed by atoms with Gasteiger partial charge in [-0.3, -0.25) is 0 Å². The van der Waals surface area contributed by atoms with E-state index in [-0.39, 0.29) is 75.5 Å². The fourth-order valence-corrected chi connectivity index (χ4v) is 2.13. The van der Waals surface area contributed by atoms with Crippen LogP contribution in [0.5, 0.6) is 11.5 Å². The number of phenolic OH excluding ortho intramolecular Hbond substituents is 2. The van der Waals surface area contributed by atoms with Crippen molar-refractivity contribution in [1.29, 1.82) is 0 Å². The van der Waals surface area contributed by atoms with E-state index in [9.17, 15) is 10.2 Å². The molecule has 0 aliphatic heterocycles. The Morgan fingerprint density at radius 3 is 1.71 bits per heavy atom. The van der Waals surface area contributed by atoms with Gasteiger partial charge in [0.25, 0.3) is 0 Å². The van der Waals surface area contributed by atoms with E-state index < -0.39 is 0 Å². The van der Waals surface area contributed by atoms with Crippen LogP contribution < -0.4 is 0 Å². The van der Waals surface area contributed by atoms with Gasteiger partial charge in [0, 0.05) is 0 Å². The van der Waals surface area contributed by atoms with Gasteiger partial charge in [0.2, 0.25) is 0 Å². The van der Waals surface area contributed by atoms with Crippen molar-refractivity contribution >= 4 is 75.5 Å². The zero-order chi connectivity index (χ0) is 16.9. The predicted octanol–water partition coefficient (Wildman–Crippen LogP) is 3.82. The number of hydrogen-bond donors (Lipinski definition) is 2. The number of aromatic hydroxyl groups is 2. The van der Waals surface area contributed by atoms with E-state index in [0.29, 0.717) is 23.3 Å². The van der Waals surface area contributed by atoms with Crippen LogP contribution in [-0.2, 0) is 0 Å². The molecular weight excluding hydrogens is 352 g/mol. The van der Waals surface area contributed by atoms with Crippen molar-refractivity contribution in [2.45, 2.75) is 53.4 Å². The molecule has 0 bridgehead atoms. The SMILES string of the molecule is Cc1ccc(C(C)C)c(O)c1.Cc1ccc(C(C)C)cc1O.[CaH2].[CaH2]. The van der Waals surface area contributed by atoms with E-state index in [0.717, 1.165) is 16.7 Å². The Balaban J connectivity index is 0. The Morgan fingerprint density at radius 2 is 1.29 bits per heavy atom. The zero-order valence-corrected chi connectivity index (χ0v) is 14.5. The molecule has 0 heterocycles. The summed E-state index contributed by atoms with van der Waals surface area (Å²) in [4.78, 5) is 0. The van der Waals surface area contributed by atoms with Crippen molar-refractivity contribution in [3.05, 3.63) is 58.7 Å². The molecule has 0 saturated heterocycles. The van der Waals surface area contributed by atoms with E-state index in [4.69, 9.17) is 0 Å². The molecule has 2 aromatic rings. The van der Waals surface area contributed by atoms with Crippen LogP contribution in [0.3, 0.4) is 0 Å². The van der Waals surface area contributed by atoms with Gasteiger partial charge in [-0.15, -0.1) is 0 Å². The van der Waals surface area contributed by atoms with Crippen molar-refractivity contribution in [3.8, 4) is 11.5 Å². The van der Waals surface area contributed by atoms with Gasteiger partial charge in [-0.2, -0.15) is 0 Å². The second-order valence-electron chi connectivity index (χ2n) is 6.42. The topological polar surface area (TPSA) is 40.5 Å². The van der Waals surface area contributed by atoms with E-state index in [1.807, 2.05) is 38.1 Å². The van der Waals surface area contributed by atoms with Crippen LogP contribution in [-0.4, -0.2) is 85.7 Å². The van der Waals surface area contributed by atoms with Crippen LogP contribution in [0.15, 0.2) is 36.4 Å². The predicted molar refractivity (Wildman–Crippen MR) is 111 cm³/mol. The van der Waals surface area contributed by atoms with Crippen molar-refractivity contribution in [2.75, 3.05) is 0 Å². The Hall–Kier alpha value is 0.559. The van der Waals surface area contributed by atoms with Crippen LogP contribution in [0.1, 0.15) is 61.8 Å². The maximum atomic E-state index is 9.46. The fraction of sp³-hybridized carbons (Fsp3) is 0.400. The first kappa shape index (κ1) is 26.8. The molecule has 4 heteroatoms. The molecule has 128 valence electrons. The van der Waals surface area contributed by atoms with Gasteiger partial charge in [-0.25, -0.2) is 0 Å². The molecule has 0 fully saturated rings. The van der Waals surface area contributed by atoms with Crippen molar-refractivity contribution in [2.24, 2.45) is 0 Å². The second kappa shape index (κ2) is 12.8. The summed E-state index contributed by atoms with van der Waals surface area (Å²) in [5.74, 6) is 1.70. The summed E-state index contributed by atoms with van der Waals surface area (Å²) in [6.45, 7) is 12.3. The molecule has 0 aliphatic carbocycles. The molecule has 0 radical (unpaired) electrons. The molecule has 0 aromatic heterocycles. The summed E-state index contributed by atoms with van der Waals surface area (Å²) in [7, 11) is 0. The molecule has 2 aromatic carbocycles. The molecule has 0 saturated carbocycles. The van der Waals surface area contributed by atoms with E-state index in [1.165, 1.54) is 5.56 Å². The third-order valence-corrected chi connectivity index (χ3v) is 3.71. The summed E-state index contributed by atoms with van der Waals surface area (Å²) in [5.41, 5.74) is 4.25. The normalized spacial score (nSPS) is 9.67. The number of benzene rings is 2. The average molecular weight is 385 g/mol. The van der Waals surface area contributed by atoms with Crippen LogP contribution in [0.2, 0.25) is 0 Å². The summed E-state index contributed by atoms with van der Waals surface area (Å²) in [6.07, 6.45) is 0. The van der Waals surface area contributed by atoms with Crippen molar-refractivity contribution in [3.63, 3.8) is 0 Å². The summed E-state index contributed by atoms with van der Waals surface area (Å²) in [6, 6.07) is 11.6. The van der Waals surface area contributed by atoms with Crippen LogP contribution in [0.4, 0.5) is 0 Å². The number of phenols is 2. The molecular formula is C20H32Ca2O2. The quantitative estimate of drug-likeness (QED) is 0.773. The fourth-order valence-electron chi connectivity index (χ4n) is 2.13. The van der Waals surface area contributed by atoms with Crippen LogP contribution in [0, 0.1) is 13.8 Å². The standard InChI is InChI=1S/2C10H14O.2Ca.4H/c1-7(2)9-5-4-8(3)10(11)6-9;1-7(2)9-5-4-8(3)6-10(9)11;;;;;;/h2*4-7,11H,1-3H3;;;;;;. The number of hydrogen-bond acceptors (Lipinski definition) is 2. The number of rotatable bonds is 2. The van der Waals surface area contributed by atoms with Gasteiger partial charge >= 0.3 is 75.5 Å².